The molecule has 1 aliphatic rings. The van der Waals surface area contributed by atoms with Gasteiger partial charge in [-0.1, -0.05) is 0 Å². The zero-order valence-electron chi connectivity index (χ0n) is 7.42. The lowest BCUT2D eigenvalue weighted by Crippen LogP contribution is -2.24. The Morgan fingerprint density at radius 2 is 2.38 bits per heavy atom. The molecule has 0 saturated heterocycles. The molecule has 0 bridgehead atoms. The van der Waals surface area contributed by atoms with Crippen LogP contribution in [0.3, 0.4) is 0 Å². The summed E-state index contributed by atoms with van der Waals surface area (Å²) in [6.45, 7) is 0. The van der Waals surface area contributed by atoms with E-state index in [0.29, 0.717) is 0 Å². The first-order valence-electron chi connectivity index (χ1n) is 4.27. The SMILES string of the molecule is CO[C@H]1CCc2cc(F)ccc2O1. The molecule has 2 nitrogen and oxygen atoms in total. The summed E-state index contributed by atoms with van der Waals surface area (Å²) in [5, 5.41) is 0. The minimum Gasteiger partial charge on any atom is -0.465 e. The van der Waals surface area contributed by atoms with Gasteiger partial charge in [-0.3, -0.25) is 0 Å². The standard InChI is InChI=1S/C10H11FO2/c1-12-10-5-2-7-6-8(11)3-4-9(7)13-10/h3-4,6,10H,2,5H2,1H3/t10-/m1/s1. The maximum Gasteiger partial charge on any atom is 0.199 e. The van der Waals surface area contributed by atoms with Crippen LogP contribution in [-0.2, 0) is 11.2 Å². The zero-order chi connectivity index (χ0) is 9.26. The number of hydrogen-bond donors (Lipinski definition) is 0. The first kappa shape index (κ1) is 8.51. The number of aryl methyl sites for hydroxylation is 1. The van der Waals surface area contributed by atoms with Crippen LogP contribution in [0.25, 0.3) is 0 Å². The summed E-state index contributed by atoms with van der Waals surface area (Å²) in [5.41, 5.74) is 0.924. The second-order valence-corrected chi connectivity index (χ2v) is 3.07. The van der Waals surface area contributed by atoms with E-state index in [4.69, 9.17) is 9.47 Å². The molecular formula is C10H11FO2. The van der Waals surface area contributed by atoms with Crippen molar-refractivity contribution >= 4 is 0 Å². The second-order valence-electron chi connectivity index (χ2n) is 3.07. The van der Waals surface area contributed by atoms with Crippen LogP contribution in [0.4, 0.5) is 4.39 Å². The van der Waals surface area contributed by atoms with Crippen molar-refractivity contribution in [2.24, 2.45) is 0 Å². The first-order valence-corrected chi connectivity index (χ1v) is 4.27. The minimum atomic E-state index is -0.210. The Balaban J connectivity index is 2.26. The summed E-state index contributed by atoms with van der Waals surface area (Å²) in [6, 6.07) is 4.56. The van der Waals surface area contributed by atoms with Gasteiger partial charge in [-0.15, -0.1) is 0 Å². The smallest absolute Gasteiger partial charge is 0.199 e. The van der Waals surface area contributed by atoms with Crippen LogP contribution in [0, 0.1) is 5.82 Å². The van der Waals surface area contributed by atoms with Crippen LogP contribution in [0.5, 0.6) is 5.75 Å². The lowest BCUT2D eigenvalue weighted by atomic mass is 10.1. The molecular weight excluding hydrogens is 171 g/mol. The third-order valence-electron chi connectivity index (χ3n) is 2.19. The molecule has 1 aliphatic heterocycles. The molecule has 2 rings (SSSR count). The van der Waals surface area contributed by atoms with Crippen molar-refractivity contribution in [1.29, 1.82) is 0 Å². The fraction of sp³-hybridized carbons (Fsp3) is 0.400. The molecule has 1 aromatic rings. The fourth-order valence-electron chi connectivity index (χ4n) is 1.50. The maximum atomic E-state index is 12.8. The molecule has 0 aliphatic carbocycles. The Hall–Kier alpha value is -1.09. The summed E-state index contributed by atoms with van der Waals surface area (Å²) < 4.78 is 23.3. The number of methoxy groups -OCH3 is 1. The number of fused-ring (bicyclic) bond motifs is 1. The van der Waals surface area contributed by atoms with Crippen molar-refractivity contribution in [2.45, 2.75) is 19.1 Å². The minimum absolute atomic E-state index is 0.182. The number of benzene rings is 1. The Morgan fingerprint density at radius 3 is 3.15 bits per heavy atom. The van der Waals surface area contributed by atoms with Gasteiger partial charge in [-0.25, -0.2) is 4.39 Å². The highest BCUT2D eigenvalue weighted by atomic mass is 19.1. The molecule has 0 radical (unpaired) electrons. The maximum absolute atomic E-state index is 12.8. The molecule has 0 amide bonds. The normalized spacial score (nSPS) is 20.6. The monoisotopic (exact) mass is 182 g/mol. The number of hydrogen-bond acceptors (Lipinski definition) is 2. The lowest BCUT2D eigenvalue weighted by Gasteiger charge is -2.24. The highest BCUT2D eigenvalue weighted by molar-refractivity contribution is 5.35. The van der Waals surface area contributed by atoms with Crippen molar-refractivity contribution in [2.75, 3.05) is 7.11 Å². The molecule has 70 valence electrons. The van der Waals surface area contributed by atoms with Gasteiger partial charge in [-0.2, -0.15) is 0 Å². The van der Waals surface area contributed by atoms with Gasteiger partial charge in [0, 0.05) is 13.5 Å². The molecule has 1 aromatic carbocycles. The zero-order valence-corrected chi connectivity index (χ0v) is 7.42. The van der Waals surface area contributed by atoms with Crippen molar-refractivity contribution in [3.63, 3.8) is 0 Å². The van der Waals surface area contributed by atoms with E-state index in [1.807, 2.05) is 0 Å². The Labute approximate surface area is 76.3 Å². The van der Waals surface area contributed by atoms with Gasteiger partial charge >= 0.3 is 0 Å². The number of halogens is 1. The van der Waals surface area contributed by atoms with Crippen LogP contribution in [0.2, 0.25) is 0 Å². The Morgan fingerprint density at radius 1 is 1.54 bits per heavy atom. The van der Waals surface area contributed by atoms with Crippen LogP contribution in [0.1, 0.15) is 12.0 Å². The van der Waals surface area contributed by atoms with E-state index in [-0.39, 0.29) is 12.1 Å². The van der Waals surface area contributed by atoms with Gasteiger partial charge in [-0.05, 0) is 30.2 Å². The van der Waals surface area contributed by atoms with E-state index in [9.17, 15) is 4.39 Å². The molecule has 13 heavy (non-hydrogen) atoms. The molecule has 0 N–H and O–H groups in total. The summed E-state index contributed by atoms with van der Waals surface area (Å²) in [4.78, 5) is 0. The highest BCUT2D eigenvalue weighted by Crippen LogP contribution is 2.28. The quantitative estimate of drug-likeness (QED) is 0.662. The molecule has 0 aromatic heterocycles. The predicted molar refractivity (Wildman–Crippen MR) is 46.1 cm³/mol. The van der Waals surface area contributed by atoms with Crippen molar-refractivity contribution in [3.05, 3.63) is 29.6 Å². The van der Waals surface area contributed by atoms with Gasteiger partial charge < -0.3 is 9.47 Å². The van der Waals surface area contributed by atoms with Crippen LogP contribution in [0.15, 0.2) is 18.2 Å². The molecule has 0 unspecified atom stereocenters. The van der Waals surface area contributed by atoms with Crippen molar-refractivity contribution in [3.8, 4) is 5.75 Å². The summed E-state index contributed by atoms with van der Waals surface area (Å²) in [6.07, 6.45) is 1.41. The second kappa shape index (κ2) is 3.34. The molecule has 3 heteroatoms. The molecule has 1 heterocycles. The van der Waals surface area contributed by atoms with E-state index in [1.165, 1.54) is 12.1 Å². The fourth-order valence-corrected chi connectivity index (χ4v) is 1.50. The average molecular weight is 182 g/mol. The molecule has 0 saturated carbocycles. The highest BCUT2D eigenvalue weighted by Gasteiger charge is 2.18. The van der Waals surface area contributed by atoms with E-state index in [0.717, 1.165) is 24.2 Å². The van der Waals surface area contributed by atoms with Gasteiger partial charge in [0.1, 0.15) is 11.6 Å². The lowest BCUT2D eigenvalue weighted by molar-refractivity contribution is -0.0654. The first-order chi connectivity index (χ1) is 6.29. The van der Waals surface area contributed by atoms with Crippen molar-refractivity contribution < 1.29 is 13.9 Å². The largest absolute Gasteiger partial charge is 0.465 e. The summed E-state index contributed by atoms with van der Waals surface area (Å²) >= 11 is 0. The van der Waals surface area contributed by atoms with Gasteiger partial charge in [0.15, 0.2) is 6.29 Å². The van der Waals surface area contributed by atoms with E-state index in [1.54, 1.807) is 13.2 Å². The summed E-state index contributed by atoms with van der Waals surface area (Å²) in [7, 11) is 1.61. The van der Waals surface area contributed by atoms with Crippen LogP contribution < -0.4 is 4.74 Å². The molecule has 0 fully saturated rings. The van der Waals surface area contributed by atoms with Gasteiger partial charge in [0.2, 0.25) is 0 Å². The number of rotatable bonds is 1. The van der Waals surface area contributed by atoms with Gasteiger partial charge in [0.05, 0.1) is 0 Å². The van der Waals surface area contributed by atoms with E-state index < -0.39 is 0 Å². The molecule has 0 spiro atoms. The number of ether oxygens (including phenoxy) is 2. The topological polar surface area (TPSA) is 18.5 Å². The molecule has 1 atom stereocenters. The third-order valence-corrected chi connectivity index (χ3v) is 2.19. The van der Waals surface area contributed by atoms with E-state index in [2.05, 4.69) is 0 Å². The van der Waals surface area contributed by atoms with Crippen LogP contribution in [-0.4, -0.2) is 13.4 Å². The third kappa shape index (κ3) is 1.65. The average Bonchev–Trinajstić information content (AvgIpc) is 2.17. The van der Waals surface area contributed by atoms with Gasteiger partial charge in [0.25, 0.3) is 0 Å². The summed E-state index contributed by atoms with van der Waals surface area (Å²) in [5.74, 6) is 0.526. The Bertz CT molecular complexity index is 312. The van der Waals surface area contributed by atoms with Crippen LogP contribution >= 0.6 is 0 Å². The Kier molecular flexibility index (Phi) is 2.19. The predicted octanol–water partition coefficient (Wildman–Crippen LogP) is 2.12. The van der Waals surface area contributed by atoms with E-state index >= 15 is 0 Å². The van der Waals surface area contributed by atoms with Crippen molar-refractivity contribution in [1.82, 2.24) is 0 Å².